The Balaban J connectivity index is 0.00000200. The number of quaternary nitrogens is 1. The summed E-state index contributed by atoms with van der Waals surface area (Å²) in [5, 5.41) is 3.30. The van der Waals surface area contributed by atoms with Crippen molar-refractivity contribution in [3.8, 4) is 57.1 Å². The minimum absolute atomic E-state index is 0. The number of rotatable bonds is 3. The summed E-state index contributed by atoms with van der Waals surface area (Å²) < 4.78 is 7.09. The Morgan fingerprint density at radius 2 is 0.868 bits per heavy atom. The van der Waals surface area contributed by atoms with E-state index >= 15 is 0 Å². The fourth-order valence-corrected chi connectivity index (χ4v) is 6.65. The second-order valence-electron chi connectivity index (χ2n) is 13.4. The zero-order chi connectivity index (χ0) is 34.3. The smallest absolute Gasteiger partial charge is 1.00 e. The van der Waals surface area contributed by atoms with Crippen molar-refractivity contribution in [1.82, 2.24) is 44.4 Å². The van der Waals surface area contributed by atoms with Gasteiger partial charge in [-0.25, -0.2) is 15.0 Å². The number of fused-ring (bicyclic) bond motifs is 20. The predicted molar refractivity (Wildman–Crippen MR) is 200 cm³/mol. The fourth-order valence-electron chi connectivity index (χ4n) is 6.65. The largest absolute Gasteiger partial charge is 2.00 e. The summed E-state index contributed by atoms with van der Waals surface area (Å²) in [6.07, 6.45) is 0. The molecule has 10 rings (SSSR count). The Morgan fingerprint density at radius 1 is 0.434 bits per heavy atom. The van der Waals surface area contributed by atoms with E-state index in [1.165, 1.54) is 0 Å². The Kier molecular flexibility index (Phi) is 8.64. The summed E-state index contributed by atoms with van der Waals surface area (Å²) >= 11 is 0. The average Bonchev–Trinajstić information content (AvgIpc) is 3.87. The molecule has 8 bridgehead atoms. The van der Waals surface area contributed by atoms with E-state index in [1.54, 1.807) is 0 Å². The number of halogens is 1. The zero-order valence-corrected chi connectivity index (χ0v) is 34.1. The molecule has 5 heterocycles. The van der Waals surface area contributed by atoms with Crippen LogP contribution in [0.1, 0.15) is 0 Å². The molecular formula is C41H28IN9OZn. The summed E-state index contributed by atoms with van der Waals surface area (Å²) in [6.45, 7) is 0. The number of benzene rings is 5. The van der Waals surface area contributed by atoms with Gasteiger partial charge in [-0.1, -0.05) is 78.9 Å². The molecule has 252 valence electrons. The Bertz CT molecular complexity index is 2920. The second kappa shape index (κ2) is 13.2. The third-order valence-corrected chi connectivity index (χ3v) is 9.22. The van der Waals surface area contributed by atoms with Crippen LogP contribution < -0.4 is 43.2 Å². The molecule has 0 saturated carbocycles. The van der Waals surface area contributed by atoms with Gasteiger partial charge in [-0.05, 0) is 51.9 Å². The van der Waals surface area contributed by atoms with Gasteiger partial charge in [0.2, 0.25) is 0 Å². The van der Waals surface area contributed by atoms with Gasteiger partial charge in [-0.3, -0.25) is 4.48 Å². The first kappa shape index (κ1) is 34.6. The van der Waals surface area contributed by atoms with Crippen molar-refractivity contribution in [2.24, 2.45) is 0 Å². The summed E-state index contributed by atoms with van der Waals surface area (Å²) in [7, 11) is 6.38. The molecule has 0 spiro atoms. The minimum Gasteiger partial charge on any atom is -1.00 e. The number of aromatic nitrogens is 8. The molecule has 0 radical (unpaired) electrons. The number of hydrogen-bond donors (Lipinski definition) is 0. The van der Waals surface area contributed by atoms with Crippen LogP contribution in [0.25, 0.3) is 89.7 Å². The normalized spacial score (nSPS) is 11.8. The quantitative estimate of drug-likeness (QED) is 0.136. The summed E-state index contributed by atoms with van der Waals surface area (Å²) in [5.74, 6) is 3.50. The maximum Gasteiger partial charge on any atom is 2.00 e. The van der Waals surface area contributed by atoms with Crippen LogP contribution in [0.2, 0.25) is 0 Å². The van der Waals surface area contributed by atoms with Gasteiger partial charge in [-0.15, -0.1) is 0 Å². The first-order valence-electron chi connectivity index (χ1n) is 16.6. The molecule has 2 aliphatic rings. The number of ether oxygens (including phenoxy) is 1. The van der Waals surface area contributed by atoms with Crippen molar-refractivity contribution in [3.63, 3.8) is 0 Å². The summed E-state index contributed by atoms with van der Waals surface area (Å²) in [6, 6.07) is 37.8. The van der Waals surface area contributed by atoms with Crippen LogP contribution in [0.15, 0.2) is 115 Å². The molecule has 0 N–H and O–H groups in total. The van der Waals surface area contributed by atoms with E-state index in [0.717, 1.165) is 55.2 Å². The monoisotopic (exact) mass is 853 g/mol. The van der Waals surface area contributed by atoms with Crippen molar-refractivity contribution in [2.75, 3.05) is 21.1 Å². The third kappa shape index (κ3) is 5.96. The van der Waals surface area contributed by atoms with E-state index in [2.05, 4.69) is 33.3 Å². The molecule has 0 saturated heterocycles. The molecule has 0 aliphatic carbocycles. The van der Waals surface area contributed by atoms with Gasteiger partial charge in [-0.2, -0.15) is 0 Å². The van der Waals surface area contributed by atoms with Crippen molar-refractivity contribution < 1.29 is 48.2 Å². The van der Waals surface area contributed by atoms with Crippen LogP contribution in [-0.4, -0.2) is 51.0 Å². The van der Waals surface area contributed by atoms with Crippen LogP contribution in [0, 0.1) is 0 Å². The van der Waals surface area contributed by atoms with E-state index in [4.69, 9.17) is 44.6 Å². The molecule has 3 aromatic heterocycles. The molecule has 0 fully saturated rings. The van der Waals surface area contributed by atoms with Crippen LogP contribution in [0.3, 0.4) is 0 Å². The Morgan fingerprint density at radius 3 is 1.40 bits per heavy atom. The van der Waals surface area contributed by atoms with Gasteiger partial charge in [0.1, 0.15) is 17.2 Å². The first-order valence-corrected chi connectivity index (χ1v) is 16.6. The zero-order valence-electron chi connectivity index (χ0n) is 29.0. The van der Waals surface area contributed by atoms with E-state index in [1.807, 2.05) is 103 Å². The molecule has 5 aromatic carbocycles. The van der Waals surface area contributed by atoms with E-state index in [9.17, 15) is 0 Å². The molecule has 0 atom stereocenters. The van der Waals surface area contributed by atoms with E-state index in [-0.39, 0.29) is 43.5 Å². The van der Waals surface area contributed by atoms with Gasteiger partial charge in [0.05, 0.1) is 32.8 Å². The molecule has 10 nitrogen and oxygen atoms in total. The van der Waals surface area contributed by atoms with Crippen molar-refractivity contribution >= 4 is 49.8 Å². The summed E-state index contributed by atoms with van der Waals surface area (Å²) in [4.78, 5) is 40.0. The van der Waals surface area contributed by atoms with E-state index in [0.29, 0.717) is 56.1 Å². The minimum atomic E-state index is 0. The van der Waals surface area contributed by atoms with Crippen LogP contribution in [0.4, 0.5) is 5.69 Å². The van der Waals surface area contributed by atoms with Crippen LogP contribution >= 0.6 is 0 Å². The average molecular weight is 855 g/mol. The maximum absolute atomic E-state index is 6.42. The van der Waals surface area contributed by atoms with Gasteiger partial charge < -0.3 is 53.6 Å². The Labute approximate surface area is 333 Å². The van der Waals surface area contributed by atoms with Gasteiger partial charge in [0.25, 0.3) is 0 Å². The van der Waals surface area contributed by atoms with Crippen LogP contribution in [-0.2, 0) is 19.5 Å². The molecule has 8 aromatic rings. The van der Waals surface area contributed by atoms with Crippen molar-refractivity contribution in [2.45, 2.75) is 0 Å². The van der Waals surface area contributed by atoms with Crippen molar-refractivity contribution in [1.29, 1.82) is 0 Å². The van der Waals surface area contributed by atoms with Gasteiger partial charge >= 0.3 is 19.5 Å². The SMILES string of the molecule is C[N+](C)(C)c1cccc(Oc2ccc3c4nc5nc(nc6nc(nc7[n-]c(nc([n-]4)c3c2)c2ccccc72)-c2ccccc2-6)-c2ccccc2-5)c1.[I-].[Zn+2]. The van der Waals surface area contributed by atoms with E-state index < -0.39 is 0 Å². The third-order valence-electron chi connectivity index (χ3n) is 9.22. The molecular weight excluding hydrogens is 827 g/mol. The van der Waals surface area contributed by atoms with Gasteiger partial charge in [0.15, 0.2) is 11.6 Å². The molecule has 0 unspecified atom stereocenters. The first-order chi connectivity index (χ1) is 24.9. The summed E-state index contributed by atoms with van der Waals surface area (Å²) in [5.41, 5.74) is 6.59. The van der Waals surface area contributed by atoms with Crippen LogP contribution in [0.5, 0.6) is 11.5 Å². The number of hydrogen-bond acceptors (Lipinski definition) is 7. The fraction of sp³-hybridized carbons (Fsp3) is 0.0732. The molecule has 2 aliphatic heterocycles. The molecule has 53 heavy (non-hydrogen) atoms. The second-order valence-corrected chi connectivity index (χ2v) is 13.4. The molecule has 0 amide bonds. The molecule has 12 heteroatoms. The maximum atomic E-state index is 6.42. The van der Waals surface area contributed by atoms with Gasteiger partial charge in [0, 0.05) is 50.9 Å². The Hall–Kier alpha value is -5.43. The topological polar surface area (TPSA) is 115 Å². The number of nitrogens with zero attached hydrogens (tertiary/aromatic N) is 9. The standard InChI is InChI=1S/C41H28N9O.HI.Zn/c1-50(2,3)23-11-10-12-24(21-23)51-25-19-20-32-33(22-25)41-48-39-31-18-9-8-17-30(31)37(46-39)44-35-27-14-5-4-13-26(27)34(42-35)43-36-28-15-6-7-16-29(28)38(45-36)47-40(32)49-41;;/h4-22H,1-3H3;1H;/q-1;;+2/p-1. The van der Waals surface area contributed by atoms with Crippen molar-refractivity contribution in [3.05, 3.63) is 115 Å². The predicted octanol–water partition coefficient (Wildman–Crippen LogP) is 5.12.